The molecular weight excluding hydrogens is 220 g/mol. The van der Waals surface area contributed by atoms with Gasteiger partial charge in [0.05, 0.1) is 11.6 Å². The number of piperidine rings is 1. The Hall–Kier alpha value is -0.450. The lowest BCUT2D eigenvalue weighted by molar-refractivity contribution is 0.194. The number of rotatable bonds is 2. The first-order chi connectivity index (χ1) is 7.93. The van der Waals surface area contributed by atoms with Crippen LogP contribution in [0, 0.1) is 0 Å². The summed E-state index contributed by atoms with van der Waals surface area (Å²) < 4.78 is 5.43. The number of hydrogen-bond donors (Lipinski definition) is 1. The molecule has 88 valence electrons. The molecule has 3 heterocycles. The zero-order chi connectivity index (χ0) is 10.8. The van der Waals surface area contributed by atoms with Gasteiger partial charge in [0.15, 0.2) is 0 Å². The molecule has 2 aliphatic heterocycles. The lowest BCUT2D eigenvalue weighted by Gasteiger charge is -2.20. The van der Waals surface area contributed by atoms with Crippen molar-refractivity contribution in [2.45, 2.75) is 31.1 Å². The molecule has 0 aliphatic carbocycles. The van der Waals surface area contributed by atoms with E-state index in [1.807, 2.05) is 11.3 Å². The van der Waals surface area contributed by atoms with Crippen molar-refractivity contribution in [3.63, 3.8) is 0 Å². The zero-order valence-electron chi connectivity index (χ0n) is 9.45. The second-order valence-corrected chi connectivity index (χ2v) is 5.80. The second-order valence-electron chi connectivity index (χ2n) is 4.70. The van der Waals surface area contributed by atoms with E-state index in [9.17, 15) is 0 Å². The number of ether oxygens (including phenoxy) is 1. The van der Waals surface area contributed by atoms with Gasteiger partial charge in [0.1, 0.15) is 0 Å². The molecule has 2 atom stereocenters. The van der Waals surface area contributed by atoms with Crippen LogP contribution in [0.1, 0.15) is 41.0 Å². The van der Waals surface area contributed by atoms with Gasteiger partial charge in [-0.25, -0.2) is 4.98 Å². The third-order valence-corrected chi connectivity index (χ3v) is 4.84. The van der Waals surface area contributed by atoms with Gasteiger partial charge >= 0.3 is 0 Å². The maximum absolute atomic E-state index is 5.43. The predicted octanol–water partition coefficient (Wildman–Crippen LogP) is 2.11. The van der Waals surface area contributed by atoms with Crippen LogP contribution in [-0.2, 0) is 4.74 Å². The maximum Gasteiger partial charge on any atom is 0.0971 e. The van der Waals surface area contributed by atoms with Crippen molar-refractivity contribution in [2.24, 2.45) is 0 Å². The summed E-state index contributed by atoms with van der Waals surface area (Å²) in [6.07, 6.45) is 5.83. The lowest BCUT2D eigenvalue weighted by atomic mass is 10.0. The summed E-state index contributed by atoms with van der Waals surface area (Å²) in [5, 5.41) is 4.78. The topological polar surface area (TPSA) is 34.2 Å². The normalized spacial score (nSPS) is 30.8. The molecule has 4 heteroatoms. The van der Waals surface area contributed by atoms with Crippen molar-refractivity contribution in [3.05, 3.63) is 16.1 Å². The molecule has 3 rings (SSSR count). The van der Waals surface area contributed by atoms with Crippen molar-refractivity contribution in [1.29, 1.82) is 0 Å². The number of hydrogen-bond acceptors (Lipinski definition) is 4. The standard InChI is InChI=1S/C12H18N2OS/c1-2-9(6-13-4-1)12-14-7-11(16-12)10-3-5-15-8-10/h7,9-10,13H,1-6,8H2. The highest BCUT2D eigenvalue weighted by Gasteiger charge is 2.23. The fourth-order valence-electron chi connectivity index (χ4n) is 2.50. The molecule has 16 heavy (non-hydrogen) atoms. The monoisotopic (exact) mass is 238 g/mol. The SMILES string of the molecule is c1nc(C2CCCNC2)sc1C1CCOC1. The molecule has 2 aliphatic rings. The summed E-state index contributed by atoms with van der Waals surface area (Å²) in [5.74, 6) is 1.26. The number of thiazole rings is 1. The summed E-state index contributed by atoms with van der Waals surface area (Å²) >= 11 is 1.91. The van der Waals surface area contributed by atoms with Crippen LogP contribution in [0.2, 0.25) is 0 Å². The Bertz CT molecular complexity index is 341. The third-order valence-electron chi connectivity index (χ3n) is 3.52. The number of aromatic nitrogens is 1. The van der Waals surface area contributed by atoms with Gasteiger partial charge in [0, 0.05) is 36.1 Å². The van der Waals surface area contributed by atoms with E-state index in [-0.39, 0.29) is 0 Å². The Balaban J connectivity index is 1.71. The molecular formula is C12H18N2OS. The molecule has 0 spiro atoms. The molecule has 1 aromatic rings. The summed E-state index contributed by atoms with van der Waals surface area (Å²) in [5.41, 5.74) is 0. The highest BCUT2D eigenvalue weighted by Crippen LogP contribution is 2.33. The van der Waals surface area contributed by atoms with Crippen LogP contribution >= 0.6 is 11.3 Å². The molecule has 2 unspecified atom stereocenters. The van der Waals surface area contributed by atoms with Gasteiger partial charge < -0.3 is 10.1 Å². The molecule has 1 aromatic heterocycles. The average molecular weight is 238 g/mol. The summed E-state index contributed by atoms with van der Waals surface area (Å²) in [4.78, 5) is 6.04. The van der Waals surface area contributed by atoms with E-state index >= 15 is 0 Å². The van der Waals surface area contributed by atoms with Crippen LogP contribution in [-0.4, -0.2) is 31.3 Å². The summed E-state index contributed by atoms with van der Waals surface area (Å²) in [6, 6.07) is 0. The van der Waals surface area contributed by atoms with E-state index in [1.54, 1.807) is 0 Å². The highest BCUT2D eigenvalue weighted by molar-refractivity contribution is 7.11. The van der Waals surface area contributed by atoms with E-state index in [4.69, 9.17) is 4.74 Å². The number of nitrogens with one attached hydrogen (secondary N) is 1. The van der Waals surface area contributed by atoms with Gasteiger partial charge in [-0.1, -0.05) is 0 Å². The van der Waals surface area contributed by atoms with Crippen LogP contribution in [0.5, 0.6) is 0 Å². The van der Waals surface area contributed by atoms with Crippen LogP contribution < -0.4 is 5.32 Å². The highest BCUT2D eigenvalue weighted by atomic mass is 32.1. The molecule has 0 bridgehead atoms. The van der Waals surface area contributed by atoms with Crippen molar-refractivity contribution in [1.82, 2.24) is 10.3 Å². The van der Waals surface area contributed by atoms with Crippen LogP contribution in [0.15, 0.2) is 6.20 Å². The van der Waals surface area contributed by atoms with Gasteiger partial charge in [-0.2, -0.15) is 0 Å². The molecule has 0 saturated carbocycles. The molecule has 0 amide bonds. The molecule has 2 saturated heterocycles. The smallest absolute Gasteiger partial charge is 0.0971 e. The van der Waals surface area contributed by atoms with Crippen molar-refractivity contribution >= 4 is 11.3 Å². The fraction of sp³-hybridized carbons (Fsp3) is 0.750. The summed E-state index contributed by atoms with van der Waals surface area (Å²) in [7, 11) is 0. The fourth-order valence-corrected chi connectivity index (χ4v) is 3.67. The van der Waals surface area contributed by atoms with Crippen molar-refractivity contribution in [3.8, 4) is 0 Å². The quantitative estimate of drug-likeness (QED) is 0.857. The van der Waals surface area contributed by atoms with Gasteiger partial charge in [-0.05, 0) is 25.8 Å². The largest absolute Gasteiger partial charge is 0.381 e. The predicted molar refractivity (Wildman–Crippen MR) is 65.1 cm³/mol. The van der Waals surface area contributed by atoms with Crippen LogP contribution in [0.4, 0.5) is 0 Å². The Morgan fingerprint density at radius 3 is 3.12 bits per heavy atom. The Morgan fingerprint density at radius 2 is 2.38 bits per heavy atom. The summed E-state index contributed by atoms with van der Waals surface area (Å²) in [6.45, 7) is 4.09. The Labute approximate surface area is 100 Å². The minimum Gasteiger partial charge on any atom is -0.381 e. The number of nitrogens with zero attached hydrogens (tertiary/aromatic N) is 1. The molecule has 0 aromatic carbocycles. The molecule has 3 nitrogen and oxygen atoms in total. The zero-order valence-corrected chi connectivity index (χ0v) is 10.3. The third kappa shape index (κ3) is 2.14. The van der Waals surface area contributed by atoms with Crippen LogP contribution in [0.3, 0.4) is 0 Å². The van der Waals surface area contributed by atoms with Gasteiger partial charge in [0.25, 0.3) is 0 Å². The minimum absolute atomic E-state index is 0.614. The molecule has 2 fully saturated rings. The minimum atomic E-state index is 0.614. The van der Waals surface area contributed by atoms with E-state index in [2.05, 4.69) is 16.5 Å². The van der Waals surface area contributed by atoms with E-state index < -0.39 is 0 Å². The maximum atomic E-state index is 5.43. The van der Waals surface area contributed by atoms with E-state index in [0.717, 1.165) is 19.8 Å². The van der Waals surface area contributed by atoms with Crippen molar-refractivity contribution < 1.29 is 4.74 Å². The average Bonchev–Trinajstić information content (AvgIpc) is 3.01. The lowest BCUT2D eigenvalue weighted by Crippen LogP contribution is -2.28. The molecule has 1 N–H and O–H groups in total. The van der Waals surface area contributed by atoms with Gasteiger partial charge in [-0.15, -0.1) is 11.3 Å². The Kier molecular flexibility index (Phi) is 3.22. The van der Waals surface area contributed by atoms with Gasteiger partial charge in [0.2, 0.25) is 0 Å². The van der Waals surface area contributed by atoms with E-state index in [0.29, 0.717) is 11.8 Å². The van der Waals surface area contributed by atoms with Gasteiger partial charge in [-0.3, -0.25) is 0 Å². The van der Waals surface area contributed by atoms with Crippen LogP contribution in [0.25, 0.3) is 0 Å². The second kappa shape index (κ2) is 4.82. The molecule has 0 radical (unpaired) electrons. The Morgan fingerprint density at radius 1 is 1.38 bits per heavy atom. The first-order valence-electron chi connectivity index (χ1n) is 6.17. The first kappa shape index (κ1) is 10.7. The van der Waals surface area contributed by atoms with E-state index in [1.165, 1.54) is 35.7 Å². The first-order valence-corrected chi connectivity index (χ1v) is 6.99. The van der Waals surface area contributed by atoms with Crippen molar-refractivity contribution in [2.75, 3.05) is 26.3 Å².